The van der Waals surface area contributed by atoms with Crippen molar-refractivity contribution >= 4 is 5.97 Å². The van der Waals surface area contributed by atoms with E-state index in [-0.39, 0.29) is 12.4 Å². The summed E-state index contributed by atoms with van der Waals surface area (Å²) in [4.78, 5) is 16.1. The molecule has 0 aliphatic rings. The lowest BCUT2D eigenvalue weighted by atomic mass is 9.75. The SMILES string of the molecule is CCOC(=O)CCC(C#N)(c1ccccc1)c1ccccn1. The number of nitriles is 1. The van der Waals surface area contributed by atoms with Gasteiger partial charge in [-0.05, 0) is 31.0 Å². The maximum absolute atomic E-state index is 11.7. The third kappa shape index (κ3) is 3.32. The van der Waals surface area contributed by atoms with Crippen LogP contribution in [-0.2, 0) is 14.9 Å². The highest BCUT2D eigenvalue weighted by Crippen LogP contribution is 2.35. The van der Waals surface area contributed by atoms with Crippen LogP contribution in [0.1, 0.15) is 31.0 Å². The van der Waals surface area contributed by atoms with Gasteiger partial charge in [-0.15, -0.1) is 0 Å². The number of hydrogen-bond acceptors (Lipinski definition) is 4. The molecule has 0 amide bonds. The second kappa shape index (κ2) is 7.37. The summed E-state index contributed by atoms with van der Waals surface area (Å²) < 4.78 is 4.98. The Balaban J connectivity index is 2.40. The first-order chi connectivity index (χ1) is 10.7. The number of nitrogens with zero attached hydrogens (tertiary/aromatic N) is 2. The van der Waals surface area contributed by atoms with Gasteiger partial charge in [0.15, 0.2) is 0 Å². The Kier molecular flexibility index (Phi) is 5.26. The molecule has 1 atom stereocenters. The summed E-state index contributed by atoms with van der Waals surface area (Å²) in [7, 11) is 0. The van der Waals surface area contributed by atoms with Gasteiger partial charge < -0.3 is 4.74 Å². The average Bonchev–Trinajstić information content (AvgIpc) is 2.58. The zero-order valence-electron chi connectivity index (χ0n) is 12.5. The molecule has 0 radical (unpaired) electrons. The van der Waals surface area contributed by atoms with Crippen LogP contribution in [-0.4, -0.2) is 17.6 Å². The molecule has 1 aromatic heterocycles. The van der Waals surface area contributed by atoms with Gasteiger partial charge in [-0.3, -0.25) is 9.78 Å². The third-order valence-electron chi connectivity index (χ3n) is 3.57. The van der Waals surface area contributed by atoms with Crippen molar-refractivity contribution in [2.75, 3.05) is 6.61 Å². The zero-order valence-corrected chi connectivity index (χ0v) is 12.5. The summed E-state index contributed by atoms with van der Waals surface area (Å²) in [5, 5.41) is 9.88. The first-order valence-corrected chi connectivity index (χ1v) is 7.27. The van der Waals surface area contributed by atoms with Crippen LogP contribution in [0.4, 0.5) is 0 Å². The summed E-state index contributed by atoms with van der Waals surface area (Å²) in [6, 6.07) is 17.3. The molecule has 4 heteroatoms. The number of carbonyl (C=O) groups excluding carboxylic acids is 1. The van der Waals surface area contributed by atoms with Gasteiger partial charge in [-0.1, -0.05) is 36.4 Å². The molecule has 1 unspecified atom stereocenters. The number of rotatable bonds is 6. The molecule has 0 aliphatic heterocycles. The number of esters is 1. The molecule has 0 bridgehead atoms. The van der Waals surface area contributed by atoms with Gasteiger partial charge in [0.05, 0.1) is 18.4 Å². The Morgan fingerprint density at radius 1 is 1.23 bits per heavy atom. The molecule has 2 aromatic rings. The van der Waals surface area contributed by atoms with Crippen LogP contribution in [0.25, 0.3) is 0 Å². The van der Waals surface area contributed by atoms with Crippen molar-refractivity contribution in [1.82, 2.24) is 4.98 Å². The Bertz CT molecular complexity index is 608. The molecule has 2 rings (SSSR count). The second-order valence-electron chi connectivity index (χ2n) is 4.90. The van der Waals surface area contributed by atoms with E-state index >= 15 is 0 Å². The van der Waals surface area contributed by atoms with Crippen molar-refractivity contribution in [3.05, 3.63) is 66.0 Å². The van der Waals surface area contributed by atoms with E-state index in [4.69, 9.17) is 4.74 Å². The predicted octanol–water partition coefficient (Wildman–Crippen LogP) is 3.23. The topological polar surface area (TPSA) is 63.0 Å². The molecule has 22 heavy (non-hydrogen) atoms. The summed E-state index contributed by atoms with van der Waals surface area (Å²) in [5.41, 5.74) is 0.531. The average molecular weight is 294 g/mol. The minimum atomic E-state index is -0.949. The van der Waals surface area contributed by atoms with E-state index in [9.17, 15) is 10.1 Å². The fourth-order valence-electron chi connectivity index (χ4n) is 2.46. The van der Waals surface area contributed by atoms with Gasteiger partial charge in [0.1, 0.15) is 5.41 Å². The zero-order chi connectivity index (χ0) is 15.8. The third-order valence-corrected chi connectivity index (χ3v) is 3.57. The van der Waals surface area contributed by atoms with Crippen LogP contribution in [0.5, 0.6) is 0 Å². The van der Waals surface area contributed by atoms with Gasteiger partial charge in [-0.2, -0.15) is 5.26 Å². The highest BCUT2D eigenvalue weighted by molar-refractivity contribution is 5.70. The molecule has 0 spiro atoms. The van der Waals surface area contributed by atoms with Crippen molar-refractivity contribution in [2.24, 2.45) is 0 Å². The predicted molar refractivity (Wildman–Crippen MR) is 82.9 cm³/mol. The lowest BCUT2D eigenvalue weighted by Crippen LogP contribution is -2.28. The summed E-state index contributed by atoms with van der Waals surface area (Å²) in [5.74, 6) is -0.297. The maximum atomic E-state index is 11.7. The van der Waals surface area contributed by atoms with Gasteiger partial charge in [-0.25, -0.2) is 0 Å². The van der Waals surface area contributed by atoms with Crippen LogP contribution in [0.15, 0.2) is 54.7 Å². The van der Waals surface area contributed by atoms with E-state index in [2.05, 4.69) is 11.1 Å². The highest BCUT2D eigenvalue weighted by atomic mass is 16.5. The molecular weight excluding hydrogens is 276 g/mol. The van der Waals surface area contributed by atoms with Crippen LogP contribution in [0.3, 0.4) is 0 Å². The maximum Gasteiger partial charge on any atom is 0.305 e. The van der Waals surface area contributed by atoms with E-state index in [1.807, 2.05) is 48.5 Å². The molecule has 0 saturated heterocycles. The Labute approximate surface area is 130 Å². The highest BCUT2D eigenvalue weighted by Gasteiger charge is 2.36. The van der Waals surface area contributed by atoms with E-state index < -0.39 is 5.41 Å². The van der Waals surface area contributed by atoms with Gasteiger partial charge >= 0.3 is 5.97 Å². The lowest BCUT2D eigenvalue weighted by Gasteiger charge is -2.26. The largest absolute Gasteiger partial charge is 0.466 e. The van der Waals surface area contributed by atoms with E-state index in [1.165, 1.54) is 0 Å². The monoisotopic (exact) mass is 294 g/mol. The molecule has 1 heterocycles. The summed E-state index contributed by atoms with van der Waals surface area (Å²) >= 11 is 0. The van der Waals surface area contributed by atoms with Crippen LogP contribution >= 0.6 is 0 Å². The molecule has 0 saturated carbocycles. The molecule has 112 valence electrons. The van der Waals surface area contributed by atoms with Crippen molar-refractivity contribution < 1.29 is 9.53 Å². The molecule has 0 N–H and O–H groups in total. The molecule has 0 fully saturated rings. The van der Waals surface area contributed by atoms with Gasteiger partial charge in [0.2, 0.25) is 0 Å². The van der Waals surface area contributed by atoms with E-state index in [1.54, 1.807) is 13.1 Å². The fourth-order valence-corrected chi connectivity index (χ4v) is 2.46. The number of aromatic nitrogens is 1. The smallest absolute Gasteiger partial charge is 0.305 e. The number of ether oxygens (including phenoxy) is 1. The summed E-state index contributed by atoms with van der Waals surface area (Å²) in [6.07, 6.45) is 2.17. The molecular formula is C18H18N2O2. The molecule has 0 aliphatic carbocycles. The van der Waals surface area contributed by atoms with Crippen molar-refractivity contribution in [2.45, 2.75) is 25.2 Å². The lowest BCUT2D eigenvalue weighted by molar-refractivity contribution is -0.143. The van der Waals surface area contributed by atoms with Crippen molar-refractivity contribution in [1.29, 1.82) is 5.26 Å². The number of carbonyl (C=O) groups is 1. The molecule has 4 nitrogen and oxygen atoms in total. The van der Waals surface area contributed by atoms with Gasteiger partial charge in [0.25, 0.3) is 0 Å². The van der Waals surface area contributed by atoms with E-state index in [0.717, 1.165) is 5.56 Å². The Hall–Kier alpha value is -2.67. The molecule has 1 aromatic carbocycles. The van der Waals surface area contributed by atoms with Gasteiger partial charge in [0, 0.05) is 12.6 Å². The van der Waals surface area contributed by atoms with Crippen molar-refractivity contribution in [3.63, 3.8) is 0 Å². The number of pyridine rings is 1. The normalized spacial score (nSPS) is 12.9. The van der Waals surface area contributed by atoms with Crippen LogP contribution < -0.4 is 0 Å². The Morgan fingerprint density at radius 3 is 2.55 bits per heavy atom. The first-order valence-electron chi connectivity index (χ1n) is 7.27. The van der Waals surface area contributed by atoms with E-state index in [0.29, 0.717) is 18.7 Å². The number of hydrogen-bond donors (Lipinski definition) is 0. The summed E-state index contributed by atoms with van der Waals surface area (Å²) in [6.45, 7) is 2.11. The van der Waals surface area contributed by atoms with Crippen LogP contribution in [0, 0.1) is 11.3 Å². The van der Waals surface area contributed by atoms with Crippen LogP contribution in [0.2, 0.25) is 0 Å². The number of benzene rings is 1. The second-order valence-corrected chi connectivity index (χ2v) is 4.90. The standard InChI is InChI=1S/C18H18N2O2/c1-2-22-17(21)11-12-18(14-19,15-8-4-3-5-9-15)16-10-6-7-13-20-16/h3-10,13H,2,11-12H2,1H3. The quantitative estimate of drug-likeness (QED) is 0.767. The fraction of sp³-hybridized carbons (Fsp3) is 0.278. The Morgan fingerprint density at radius 2 is 1.95 bits per heavy atom. The first kappa shape index (κ1) is 15.7. The minimum absolute atomic E-state index is 0.173. The van der Waals surface area contributed by atoms with Crippen molar-refractivity contribution in [3.8, 4) is 6.07 Å². The minimum Gasteiger partial charge on any atom is -0.466 e.